The average Bonchev–Trinajstić information content (AvgIpc) is 2.61. The molecule has 1 N–H and O–H groups in total. The van der Waals surface area contributed by atoms with Crippen LogP contribution >= 0.6 is 11.6 Å². The lowest BCUT2D eigenvalue weighted by atomic mass is 9.97. The highest BCUT2D eigenvalue weighted by atomic mass is 35.5. The molecule has 0 aromatic carbocycles. The van der Waals surface area contributed by atoms with Gasteiger partial charge >= 0.3 is 0 Å². The largest absolute Gasteiger partial charge is 0.312 e. The Labute approximate surface area is 114 Å². The van der Waals surface area contributed by atoms with Gasteiger partial charge in [-0.2, -0.15) is 5.10 Å². The minimum absolute atomic E-state index is 0.747. The van der Waals surface area contributed by atoms with E-state index in [-0.39, 0.29) is 0 Å². The molecule has 0 spiro atoms. The van der Waals surface area contributed by atoms with Gasteiger partial charge in [-0.3, -0.25) is 4.68 Å². The fourth-order valence-corrected chi connectivity index (χ4v) is 2.71. The Morgan fingerprint density at radius 2 is 2.28 bits per heavy atom. The van der Waals surface area contributed by atoms with Crippen molar-refractivity contribution in [3.63, 3.8) is 0 Å². The number of aromatic nitrogens is 2. The highest BCUT2D eigenvalue weighted by molar-refractivity contribution is 6.30. The monoisotopic (exact) mass is 267 g/mol. The number of hydrogen-bond donors (Lipinski definition) is 1. The molecular formula is C14H22ClN3. The molecule has 1 aromatic rings. The smallest absolute Gasteiger partial charge is 0.131 e. The lowest BCUT2D eigenvalue weighted by Crippen LogP contribution is -2.16. The minimum Gasteiger partial charge on any atom is -0.312 e. The van der Waals surface area contributed by atoms with Crippen molar-refractivity contribution >= 4 is 11.6 Å². The van der Waals surface area contributed by atoms with E-state index in [0.29, 0.717) is 0 Å². The Morgan fingerprint density at radius 1 is 1.44 bits per heavy atom. The summed E-state index contributed by atoms with van der Waals surface area (Å²) in [6, 6.07) is 0. The maximum atomic E-state index is 6.19. The first kappa shape index (κ1) is 13.6. The van der Waals surface area contributed by atoms with Gasteiger partial charge in [0, 0.05) is 19.2 Å². The van der Waals surface area contributed by atoms with Crippen LogP contribution in [0.1, 0.15) is 43.4 Å². The van der Waals surface area contributed by atoms with Gasteiger partial charge in [0.15, 0.2) is 0 Å². The van der Waals surface area contributed by atoms with Crippen LogP contribution in [0, 0.1) is 6.92 Å². The van der Waals surface area contributed by atoms with Crippen molar-refractivity contribution in [1.29, 1.82) is 0 Å². The van der Waals surface area contributed by atoms with Crippen LogP contribution in [0.5, 0.6) is 0 Å². The molecule has 0 aliphatic heterocycles. The van der Waals surface area contributed by atoms with E-state index in [2.05, 4.69) is 16.5 Å². The van der Waals surface area contributed by atoms with Gasteiger partial charge in [-0.1, -0.05) is 23.3 Å². The highest BCUT2D eigenvalue weighted by Gasteiger charge is 2.10. The summed E-state index contributed by atoms with van der Waals surface area (Å²) >= 11 is 6.19. The zero-order chi connectivity index (χ0) is 13.0. The van der Waals surface area contributed by atoms with Crippen molar-refractivity contribution in [2.24, 2.45) is 7.05 Å². The third kappa shape index (κ3) is 3.36. The molecule has 0 bridgehead atoms. The normalized spacial score (nSPS) is 15.8. The molecule has 0 radical (unpaired) electrons. The van der Waals surface area contributed by atoms with Gasteiger partial charge in [-0.05, 0) is 45.6 Å². The standard InChI is InChI=1S/C14H22ClN3/c1-11-13(14(15)18(2)17-11)10-16-9-8-12-6-4-3-5-7-12/h6,16H,3-5,7-10H2,1-2H3. The summed E-state index contributed by atoms with van der Waals surface area (Å²) in [5, 5.41) is 8.53. The predicted molar refractivity (Wildman–Crippen MR) is 75.8 cm³/mol. The molecule has 1 aliphatic rings. The summed E-state index contributed by atoms with van der Waals surface area (Å²) in [5.41, 5.74) is 3.76. The Hall–Kier alpha value is -0.800. The Bertz CT molecular complexity index is 434. The summed E-state index contributed by atoms with van der Waals surface area (Å²) in [6.07, 6.45) is 8.85. The molecule has 0 saturated heterocycles. The maximum Gasteiger partial charge on any atom is 0.131 e. The van der Waals surface area contributed by atoms with Crippen LogP contribution in [-0.2, 0) is 13.6 Å². The van der Waals surface area contributed by atoms with Crippen LogP contribution in [0.3, 0.4) is 0 Å². The Balaban J connectivity index is 1.76. The number of allylic oxidation sites excluding steroid dienone is 1. The second kappa shape index (κ2) is 6.39. The molecule has 1 aliphatic carbocycles. The van der Waals surface area contributed by atoms with Crippen molar-refractivity contribution in [1.82, 2.24) is 15.1 Å². The first-order valence-electron chi connectivity index (χ1n) is 6.75. The molecular weight excluding hydrogens is 246 g/mol. The van der Waals surface area contributed by atoms with Gasteiger partial charge in [0.2, 0.25) is 0 Å². The lowest BCUT2D eigenvalue weighted by molar-refractivity contribution is 0.631. The molecule has 0 fully saturated rings. The van der Waals surface area contributed by atoms with E-state index in [4.69, 9.17) is 11.6 Å². The maximum absolute atomic E-state index is 6.19. The molecule has 3 nitrogen and oxygen atoms in total. The molecule has 100 valence electrons. The molecule has 0 saturated carbocycles. The zero-order valence-electron chi connectivity index (χ0n) is 11.3. The van der Waals surface area contributed by atoms with Gasteiger partial charge in [0.25, 0.3) is 0 Å². The van der Waals surface area contributed by atoms with Crippen LogP contribution in [0.25, 0.3) is 0 Å². The van der Waals surface area contributed by atoms with Gasteiger partial charge in [0.1, 0.15) is 5.15 Å². The number of nitrogens with one attached hydrogen (secondary N) is 1. The predicted octanol–water partition coefficient (Wildman–Crippen LogP) is 3.36. The summed E-state index contributed by atoms with van der Waals surface area (Å²) in [4.78, 5) is 0. The van der Waals surface area contributed by atoms with E-state index in [1.54, 1.807) is 10.3 Å². The van der Waals surface area contributed by atoms with Gasteiger partial charge in [-0.25, -0.2) is 0 Å². The van der Waals surface area contributed by atoms with Crippen LogP contribution in [0.4, 0.5) is 0 Å². The van der Waals surface area contributed by atoms with Crippen molar-refractivity contribution in [2.75, 3.05) is 6.54 Å². The Morgan fingerprint density at radius 3 is 2.89 bits per heavy atom. The van der Waals surface area contributed by atoms with Gasteiger partial charge in [0.05, 0.1) is 5.69 Å². The molecule has 0 amide bonds. The van der Waals surface area contributed by atoms with E-state index in [1.165, 1.54) is 25.7 Å². The van der Waals surface area contributed by atoms with Crippen LogP contribution in [0.15, 0.2) is 11.6 Å². The number of rotatable bonds is 5. The molecule has 0 atom stereocenters. The van der Waals surface area contributed by atoms with Crippen molar-refractivity contribution in [3.05, 3.63) is 28.1 Å². The molecule has 4 heteroatoms. The fourth-order valence-electron chi connectivity index (χ4n) is 2.47. The summed E-state index contributed by atoms with van der Waals surface area (Å²) in [5.74, 6) is 0. The van der Waals surface area contributed by atoms with E-state index in [9.17, 15) is 0 Å². The third-order valence-electron chi connectivity index (χ3n) is 3.58. The van der Waals surface area contributed by atoms with E-state index < -0.39 is 0 Å². The summed E-state index contributed by atoms with van der Waals surface area (Å²) in [6.45, 7) is 3.84. The second-order valence-electron chi connectivity index (χ2n) is 5.01. The fraction of sp³-hybridized carbons (Fsp3) is 0.643. The van der Waals surface area contributed by atoms with Gasteiger partial charge < -0.3 is 5.32 Å². The summed E-state index contributed by atoms with van der Waals surface area (Å²) < 4.78 is 1.73. The van der Waals surface area contributed by atoms with E-state index in [1.807, 2.05) is 14.0 Å². The first-order valence-corrected chi connectivity index (χ1v) is 7.13. The van der Waals surface area contributed by atoms with Gasteiger partial charge in [-0.15, -0.1) is 0 Å². The molecule has 2 rings (SSSR count). The third-order valence-corrected chi connectivity index (χ3v) is 4.05. The SMILES string of the molecule is Cc1nn(C)c(Cl)c1CNCCC1=CCCCC1. The Kier molecular flexibility index (Phi) is 4.84. The lowest BCUT2D eigenvalue weighted by Gasteiger charge is -2.12. The summed E-state index contributed by atoms with van der Waals surface area (Å²) in [7, 11) is 1.88. The van der Waals surface area contributed by atoms with Crippen molar-refractivity contribution < 1.29 is 0 Å². The number of hydrogen-bond acceptors (Lipinski definition) is 2. The molecule has 18 heavy (non-hydrogen) atoms. The molecule has 1 heterocycles. The molecule has 0 unspecified atom stereocenters. The van der Waals surface area contributed by atoms with E-state index >= 15 is 0 Å². The highest BCUT2D eigenvalue weighted by Crippen LogP contribution is 2.20. The number of halogens is 1. The second-order valence-corrected chi connectivity index (χ2v) is 5.37. The topological polar surface area (TPSA) is 29.9 Å². The van der Waals surface area contributed by atoms with E-state index in [0.717, 1.165) is 35.9 Å². The zero-order valence-corrected chi connectivity index (χ0v) is 12.1. The quantitative estimate of drug-likeness (QED) is 0.655. The van der Waals surface area contributed by atoms with Crippen LogP contribution < -0.4 is 5.32 Å². The first-order chi connectivity index (χ1) is 8.68. The number of aryl methyl sites for hydroxylation is 2. The van der Waals surface area contributed by atoms with Crippen molar-refractivity contribution in [3.8, 4) is 0 Å². The average molecular weight is 268 g/mol. The minimum atomic E-state index is 0.747. The van der Waals surface area contributed by atoms with Crippen LogP contribution in [-0.4, -0.2) is 16.3 Å². The van der Waals surface area contributed by atoms with Crippen molar-refractivity contribution in [2.45, 2.75) is 45.6 Å². The number of nitrogens with zero attached hydrogens (tertiary/aromatic N) is 2. The molecule has 1 aromatic heterocycles. The van der Waals surface area contributed by atoms with Crippen LogP contribution in [0.2, 0.25) is 5.15 Å².